The maximum absolute atomic E-state index is 13.6. The summed E-state index contributed by atoms with van der Waals surface area (Å²) in [5.41, 5.74) is 0.0885. The summed E-state index contributed by atoms with van der Waals surface area (Å²) >= 11 is 2.98. The van der Waals surface area contributed by atoms with E-state index in [1.807, 2.05) is 0 Å². The standard InChI is InChI=1S/C12H12BrF2NO2/c1-18-12(17)11(6-2-3-6)16-10-4-7(13)8(14)5-9(10)15/h4-6,11,16H,2-3H2,1H3. The predicted octanol–water partition coefficient (Wildman–Crippen LogP) is 3.09. The molecule has 1 aromatic carbocycles. The lowest BCUT2D eigenvalue weighted by molar-refractivity contribution is -0.142. The lowest BCUT2D eigenvalue weighted by atomic mass is 10.1. The minimum Gasteiger partial charge on any atom is -0.467 e. The number of halogens is 3. The van der Waals surface area contributed by atoms with Gasteiger partial charge in [0.1, 0.15) is 17.7 Å². The van der Waals surface area contributed by atoms with Crippen molar-refractivity contribution < 1.29 is 18.3 Å². The van der Waals surface area contributed by atoms with Gasteiger partial charge in [0.15, 0.2) is 0 Å². The van der Waals surface area contributed by atoms with Crippen LogP contribution in [0.4, 0.5) is 14.5 Å². The van der Waals surface area contributed by atoms with E-state index < -0.39 is 23.6 Å². The Labute approximate surface area is 112 Å². The van der Waals surface area contributed by atoms with Crippen LogP contribution in [0.1, 0.15) is 12.8 Å². The molecule has 0 amide bonds. The second-order valence-electron chi connectivity index (χ2n) is 4.23. The second-order valence-corrected chi connectivity index (χ2v) is 5.08. The summed E-state index contributed by atoms with van der Waals surface area (Å²) in [6, 6.07) is 1.47. The molecule has 1 aromatic rings. The second kappa shape index (κ2) is 5.22. The Hall–Kier alpha value is -1.17. The molecule has 1 aliphatic carbocycles. The lowest BCUT2D eigenvalue weighted by Gasteiger charge is -2.17. The first kappa shape index (κ1) is 13.3. The van der Waals surface area contributed by atoms with Gasteiger partial charge >= 0.3 is 5.97 Å². The van der Waals surface area contributed by atoms with Crippen molar-refractivity contribution in [1.29, 1.82) is 0 Å². The van der Waals surface area contributed by atoms with E-state index in [0.717, 1.165) is 18.9 Å². The van der Waals surface area contributed by atoms with E-state index in [0.29, 0.717) is 0 Å². The van der Waals surface area contributed by atoms with Crippen LogP contribution in [0.5, 0.6) is 0 Å². The average molecular weight is 320 g/mol. The first-order valence-corrected chi connectivity index (χ1v) is 6.31. The Morgan fingerprint density at radius 3 is 2.67 bits per heavy atom. The van der Waals surface area contributed by atoms with Crippen molar-refractivity contribution >= 4 is 27.6 Å². The Balaban J connectivity index is 2.21. The molecule has 1 saturated carbocycles. The molecule has 0 saturated heterocycles. The average Bonchev–Trinajstić information content (AvgIpc) is 3.15. The van der Waals surface area contributed by atoms with Crippen molar-refractivity contribution in [3.8, 4) is 0 Å². The minimum absolute atomic E-state index is 0.0885. The molecule has 1 atom stereocenters. The van der Waals surface area contributed by atoms with Crippen LogP contribution in [-0.4, -0.2) is 19.1 Å². The zero-order valence-corrected chi connectivity index (χ0v) is 11.3. The largest absolute Gasteiger partial charge is 0.467 e. The van der Waals surface area contributed by atoms with Crippen molar-refractivity contribution in [2.24, 2.45) is 5.92 Å². The molecule has 0 heterocycles. The number of hydrogen-bond donors (Lipinski definition) is 1. The van der Waals surface area contributed by atoms with Crippen molar-refractivity contribution in [1.82, 2.24) is 0 Å². The molecule has 0 radical (unpaired) electrons. The summed E-state index contributed by atoms with van der Waals surface area (Å²) in [5.74, 6) is -1.69. The molecule has 0 aliphatic heterocycles. The van der Waals surface area contributed by atoms with Crippen LogP contribution in [0.3, 0.4) is 0 Å². The van der Waals surface area contributed by atoms with Crippen LogP contribution in [0, 0.1) is 17.6 Å². The first-order valence-electron chi connectivity index (χ1n) is 5.52. The molecule has 1 N–H and O–H groups in total. The van der Waals surface area contributed by atoms with E-state index in [1.165, 1.54) is 13.2 Å². The number of rotatable bonds is 4. The Morgan fingerprint density at radius 2 is 2.11 bits per heavy atom. The van der Waals surface area contributed by atoms with Crippen molar-refractivity contribution in [3.05, 3.63) is 28.2 Å². The summed E-state index contributed by atoms with van der Waals surface area (Å²) in [5, 5.41) is 2.78. The van der Waals surface area contributed by atoms with E-state index in [9.17, 15) is 13.6 Å². The molecular weight excluding hydrogens is 308 g/mol. The first-order chi connectivity index (χ1) is 8.52. The molecule has 18 heavy (non-hydrogen) atoms. The van der Waals surface area contributed by atoms with E-state index in [4.69, 9.17) is 0 Å². The van der Waals surface area contributed by atoms with Crippen LogP contribution in [0.15, 0.2) is 16.6 Å². The molecule has 98 valence electrons. The van der Waals surface area contributed by atoms with Crippen LogP contribution in [0.25, 0.3) is 0 Å². The number of esters is 1. The Bertz CT molecular complexity index is 477. The molecule has 3 nitrogen and oxygen atoms in total. The highest BCUT2D eigenvalue weighted by molar-refractivity contribution is 9.10. The summed E-state index contributed by atoms with van der Waals surface area (Å²) in [4.78, 5) is 11.6. The number of anilines is 1. The van der Waals surface area contributed by atoms with Crippen LogP contribution in [0.2, 0.25) is 0 Å². The van der Waals surface area contributed by atoms with Crippen LogP contribution < -0.4 is 5.32 Å². The highest BCUT2D eigenvalue weighted by atomic mass is 79.9. The summed E-state index contributed by atoms with van der Waals surface area (Å²) < 4.78 is 31.5. The third-order valence-corrected chi connectivity index (χ3v) is 3.48. The topological polar surface area (TPSA) is 38.3 Å². The number of methoxy groups -OCH3 is 1. The molecule has 1 fully saturated rings. The van der Waals surface area contributed by atoms with Crippen molar-refractivity contribution in [2.75, 3.05) is 12.4 Å². The quantitative estimate of drug-likeness (QED) is 0.684. The summed E-state index contributed by atoms with van der Waals surface area (Å²) in [6.07, 6.45) is 1.80. The summed E-state index contributed by atoms with van der Waals surface area (Å²) in [7, 11) is 1.29. The van der Waals surface area contributed by atoms with Crippen molar-refractivity contribution in [3.63, 3.8) is 0 Å². The zero-order chi connectivity index (χ0) is 13.3. The monoisotopic (exact) mass is 319 g/mol. The highest BCUT2D eigenvalue weighted by Crippen LogP contribution is 2.35. The van der Waals surface area contributed by atoms with E-state index in [2.05, 4.69) is 26.0 Å². The van der Waals surface area contributed by atoms with Gasteiger partial charge in [-0.15, -0.1) is 0 Å². The van der Waals surface area contributed by atoms with E-state index in [1.54, 1.807) is 0 Å². The molecule has 0 aromatic heterocycles. The van der Waals surface area contributed by atoms with Crippen molar-refractivity contribution in [2.45, 2.75) is 18.9 Å². The Morgan fingerprint density at radius 1 is 1.44 bits per heavy atom. The van der Waals surface area contributed by atoms with Gasteiger partial charge in [0, 0.05) is 6.07 Å². The maximum atomic E-state index is 13.6. The van der Waals surface area contributed by atoms with Gasteiger partial charge in [-0.2, -0.15) is 0 Å². The highest BCUT2D eigenvalue weighted by Gasteiger charge is 2.37. The third kappa shape index (κ3) is 2.80. The van der Waals surface area contributed by atoms with Gasteiger partial charge < -0.3 is 10.1 Å². The zero-order valence-electron chi connectivity index (χ0n) is 9.67. The van der Waals surface area contributed by atoms with E-state index in [-0.39, 0.29) is 16.1 Å². The number of carbonyl (C=O) groups excluding carboxylic acids is 1. The van der Waals surface area contributed by atoms with E-state index >= 15 is 0 Å². The molecule has 6 heteroatoms. The number of ether oxygens (including phenoxy) is 1. The van der Waals surface area contributed by atoms with Crippen LogP contribution >= 0.6 is 15.9 Å². The number of hydrogen-bond acceptors (Lipinski definition) is 3. The number of benzene rings is 1. The van der Waals surface area contributed by atoms with Crippen LogP contribution in [-0.2, 0) is 9.53 Å². The molecule has 0 spiro atoms. The van der Waals surface area contributed by atoms with Gasteiger partial charge in [0.25, 0.3) is 0 Å². The molecule has 0 bridgehead atoms. The lowest BCUT2D eigenvalue weighted by Crippen LogP contribution is -2.33. The third-order valence-electron chi connectivity index (χ3n) is 2.87. The minimum atomic E-state index is -0.731. The SMILES string of the molecule is COC(=O)C(Nc1cc(Br)c(F)cc1F)C1CC1. The molecule has 1 aliphatic rings. The molecule has 2 rings (SSSR count). The van der Waals surface area contributed by atoms with Gasteiger partial charge in [0.2, 0.25) is 0 Å². The fourth-order valence-electron chi connectivity index (χ4n) is 1.73. The summed E-state index contributed by atoms with van der Waals surface area (Å²) in [6.45, 7) is 0. The fourth-order valence-corrected chi connectivity index (χ4v) is 2.07. The predicted molar refractivity (Wildman–Crippen MR) is 66.2 cm³/mol. The van der Waals surface area contributed by atoms with Gasteiger partial charge in [-0.25, -0.2) is 13.6 Å². The van der Waals surface area contributed by atoms with Gasteiger partial charge in [-0.05, 0) is 40.8 Å². The Kier molecular flexibility index (Phi) is 3.85. The molecule has 1 unspecified atom stereocenters. The normalized spacial score (nSPS) is 16.2. The number of nitrogens with one attached hydrogen (secondary N) is 1. The van der Waals surface area contributed by atoms with Gasteiger partial charge in [0.05, 0.1) is 17.3 Å². The molecular formula is C12H12BrF2NO2. The fraction of sp³-hybridized carbons (Fsp3) is 0.417. The smallest absolute Gasteiger partial charge is 0.328 e. The van der Waals surface area contributed by atoms with Gasteiger partial charge in [-0.3, -0.25) is 0 Å². The van der Waals surface area contributed by atoms with Gasteiger partial charge in [-0.1, -0.05) is 0 Å². The maximum Gasteiger partial charge on any atom is 0.328 e. The number of carbonyl (C=O) groups is 1.